The van der Waals surface area contributed by atoms with Gasteiger partial charge in [-0.3, -0.25) is 0 Å². The number of ether oxygens (including phenoxy) is 4. The second kappa shape index (κ2) is 10.6. The lowest BCUT2D eigenvalue weighted by atomic mass is 10.0. The molecule has 0 spiro atoms. The summed E-state index contributed by atoms with van der Waals surface area (Å²) >= 11 is 0. The molecule has 3 rings (SSSR count). The highest BCUT2D eigenvalue weighted by Gasteiger charge is 2.18. The van der Waals surface area contributed by atoms with Crippen LogP contribution in [0.5, 0.6) is 17.2 Å². The van der Waals surface area contributed by atoms with Crippen molar-refractivity contribution in [2.75, 3.05) is 40.6 Å². The standard InChI is InChI=1S/C23H26N2O6/c1-16-12-17(4-6-22(16)26)20-14-21(25(27)15-24-20)19-13-18(30-10-8-28-2)5-7-23(19)31-11-9-29-3/h4-7,12-15,26H,8-11H2,1-3H3. The minimum absolute atomic E-state index is 0.202. The Morgan fingerprint density at radius 1 is 0.935 bits per heavy atom. The van der Waals surface area contributed by atoms with Gasteiger partial charge in [0, 0.05) is 25.8 Å². The molecule has 1 N–H and O–H groups in total. The van der Waals surface area contributed by atoms with E-state index in [4.69, 9.17) is 18.9 Å². The van der Waals surface area contributed by atoms with Crippen LogP contribution in [0.2, 0.25) is 0 Å². The van der Waals surface area contributed by atoms with Gasteiger partial charge < -0.3 is 29.3 Å². The molecule has 0 unspecified atom stereocenters. The molecule has 1 aromatic heterocycles. The number of aryl methyl sites for hydroxylation is 1. The van der Waals surface area contributed by atoms with E-state index in [0.29, 0.717) is 59.6 Å². The van der Waals surface area contributed by atoms with E-state index in [2.05, 4.69) is 4.98 Å². The molecular formula is C23H26N2O6. The van der Waals surface area contributed by atoms with E-state index in [1.807, 2.05) is 6.07 Å². The minimum Gasteiger partial charge on any atom is -0.710 e. The fourth-order valence-corrected chi connectivity index (χ4v) is 2.98. The van der Waals surface area contributed by atoms with Crippen molar-refractivity contribution in [3.8, 4) is 39.8 Å². The molecule has 2 aromatic carbocycles. The summed E-state index contributed by atoms with van der Waals surface area (Å²) < 4.78 is 22.3. The topological polar surface area (TPSA) is 97.0 Å². The van der Waals surface area contributed by atoms with E-state index in [9.17, 15) is 10.3 Å². The average Bonchev–Trinajstić information content (AvgIpc) is 2.77. The van der Waals surface area contributed by atoms with Gasteiger partial charge in [0.05, 0.1) is 18.8 Å². The van der Waals surface area contributed by atoms with Crippen molar-refractivity contribution < 1.29 is 28.8 Å². The number of hydrogen-bond acceptors (Lipinski definition) is 7. The van der Waals surface area contributed by atoms with Crippen LogP contribution >= 0.6 is 0 Å². The molecule has 31 heavy (non-hydrogen) atoms. The van der Waals surface area contributed by atoms with Crippen LogP contribution in [0.15, 0.2) is 48.8 Å². The fraction of sp³-hybridized carbons (Fsp3) is 0.304. The van der Waals surface area contributed by atoms with Gasteiger partial charge in [-0.2, -0.15) is 0 Å². The summed E-state index contributed by atoms with van der Waals surface area (Å²) in [7, 11) is 3.20. The lowest BCUT2D eigenvalue weighted by molar-refractivity contribution is -0.597. The van der Waals surface area contributed by atoms with Crippen molar-refractivity contribution in [3.63, 3.8) is 0 Å². The highest BCUT2D eigenvalue weighted by atomic mass is 16.5. The predicted molar refractivity (Wildman–Crippen MR) is 115 cm³/mol. The molecule has 0 amide bonds. The third-order valence-electron chi connectivity index (χ3n) is 4.63. The number of phenolic OH excluding ortho intramolecular Hbond substituents is 1. The number of hydrogen-bond donors (Lipinski definition) is 1. The molecule has 0 saturated carbocycles. The second-order valence-electron chi connectivity index (χ2n) is 6.83. The first kappa shape index (κ1) is 22.3. The maximum Gasteiger partial charge on any atom is 0.290 e. The highest BCUT2D eigenvalue weighted by Crippen LogP contribution is 2.34. The summed E-state index contributed by atoms with van der Waals surface area (Å²) in [6, 6.07) is 12.2. The number of aromatic nitrogens is 2. The van der Waals surface area contributed by atoms with E-state index >= 15 is 0 Å². The Kier molecular flexibility index (Phi) is 7.64. The van der Waals surface area contributed by atoms with Gasteiger partial charge in [0.2, 0.25) is 0 Å². The fourth-order valence-electron chi connectivity index (χ4n) is 2.98. The molecule has 0 aliphatic rings. The van der Waals surface area contributed by atoms with Crippen molar-refractivity contribution in [2.45, 2.75) is 6.92 Å². The van der Waals surface area contributed by atoms with Crippen LogP contribution in [0, 0.1) is 12.1 Å². The van der Waals surface area contributed by atoms with Gasteiger partial charge in [-0.1, -0.05) is 0 Å². The predicted octanol–water partition coefficient (Wildman–Crippen LogP) is 3.11. The van der Waals surface area contributed by atoms with E-state index in [1.54, 1.807) is 57.5 Å². The van der Waals surface area contributed by atoms with Crippen molar-refractivity contribution in [1.82, 2.24) is 4.98 Å². The van der Waals surface area contributed by atoms with Crippen LogP contribution in [-0.4, -0.2) is 50.7 Å². The van der Waals surface area contributed by atoms with Crippen LogP contribution in [-0.2, 0) is 9.47 Å². The van der Waals surface area contributed by atoms with Crippen molar-refractivity contribution in [2.24, 2.45) is 0 Å². The van der Waals surface area contributed by atoms with Gasteiger partial charge in [-0.25, -0.2) is 4.73 Å². The molecule has 0 radical (unpaired) electrons. The molecule has 8 heteroatoms. The minimum atomic E-state index is 0.202. The summed E-state index contributed by atoms with van der Waals surface area (Å²) in [5.74, 6) is 1.32. The van der Waals surface area contributed by atoms with Gasteiger partial charge in [-0.05, 0) is 53.9 Å². The maximum atomic E-state index is 12.7. The zero-order valence-corrected chi connectivity index (χ0v) is 17.8. The molecule has 0 aliphatic carbocycles. The molecule has 0 bridgehead atoms. The highest BCUT2D eigenvalue weighted by molar-refractivity contribution is 5.71. The van der Waals surface area contributed by atoms with E-state index in [1.165, 1.54) is 6.33 Å². The van der Waals surface area contributed by atoms with Crippen LogP contribution in [0.25, 0.3) is 22.5 Å². The summed E-state index contributed by atoms with van der Waals surface area (Å²) in [6.07, 6.45) is 1.21. The molecule has 1 heterocycles. The van der Waals surface area contributed by atoms with E-state index < -0.39 is 0 Å². The lowest BCUT2D eigenvalue weighted by Gasteiger charge is -2.16. The van der Waals surface area contributed by atoms with Crippen LogP contribution in [0.1, 0.15) is 5.56 Å². The SMILES string of the molecule is COCCOc1ccc(OCCOC)c(-c2cc(-c3ccc(O)c(C)c3)nc[n+]2[O-])c1. The van der Waals surface area contributed by atoms with Gasteiger partial charge in [0.1, 0.15) is 36.2 Å². The summed E-state index contributed by atoms with van der Waals surface area (Å²) in [6.45, 7) is 3.38. The molecule has 0 atom stereocenters. The molecule has 0 aliphatic heterocycles. The zero-order chi connectivity index (χ0) is 22.2. The third-order valence-corrected chi connectivity index (χ3v) is 4.63. The molecular weight excluding hydrogens is 400 g/mol. The number of phenols is 1. The molecule has 164 valence electrons. The lowest BCUT2D eigenvalue weighted by Crippen LogP contribution is -2.29. The van der Waals surface area contributed by atoms with Crippen molar-refractivity contribution >= 4 is 0 Å². The van der Waals surface area contributed by atoms with Crippen molar-refractivity contribution in [3.05, 3.63) is 59.6 Å². The number of methoxy groups -OCH3 is 2. The van der Waals surface area contributed by atoms with Crippen LogP contribution < -0.4 is 14.2 Å². The molecule has 8 nitrogen and oxygen atoms in total. The van der Waals surface area contributed by atoms with E-state index in [0.717, 1.165) is 11.1 Å². The maximum absolute atomic E-state index is 12.7. The second-order valence-corrected chi connectivity index (χ2v) is 6.83. The Hall–Kier alpha value is -3.36. The number of benzene rings is 2. The molecule has 3 aromatic rings. The summed E-state index contributed by atoms with van der Waals surface area (Å²) in [5, 5.41) is 22.5. The summed E-state index contributed by atoms with van der Waals surface area (Å²) in [4.78, 5) is 4.25. The summed E-state index contributed by atoms with van der Waals surface area (Å²) in [5.41, 5.74) is 3.03. The number of nitrogens with zero attached hydrogens (tertiary/aromatic N) is 2. The monoisotopic (exact) mass is 426 g/mol. The zero-order valence-electron chi connectivity index (χ0n) is 17.8. The Bertz CT molecular complexity index is 1020. The molecule has 0 saturated heterocycles. The quantitative estimate of drug-likeness (QED) is 0.302. The normalized spacial score (nSPS) is 10.8. The first-order valence-corrected chi connectivity index (χ1v) is 9.80. The third kappa shape index (κ3) is 5.62. The Morgan fingerprint density at radius 2 is 1.68 bits per heavy atom. The Labute approximate surface area is 181 Å². The van der Waals surface area contributed by atoms with E-state index in [-0.39, 0.29) is 5.75 Å². The van der Waals surface area contributed by atoms with Gasteiger partial charge >= 0.3 is 0 Å². The molecule has 0 fully saturated rings. The van der Waals surface area contributed by atoms with Gasteiger partial charge in [-0.15, -0.1) is 0 Å². The van der Waals surface area contributed by atoms with Crippen molar-refractivity contribution in [1.29, 1.82) is 0 Å². The van der Waals surface area contributed by atoms with Gasteiger partial charge in [0.25, 0.3) is 6.33 Å². The Morgan fingerprint density at radius 3 is 2.39 bits per heavy atom. The van der Waals surface area contributed by atoms with Gasteiger partial charge in [0.15, 0.2) is 5.69 Å². The Balaban J connectivity index is 2.03. The number of rotatable bonds is 10. The van der Waals surface area contributed by atoms with Crippen LogP contribution in [0.4, 0.5) is 0 Å². The average molecular weight is 426 g/mol. The largest absolute Gasteiger partial charge is 0.710 e. The first-order valence-electron chi connectivity index (χ1n) is 9.80. The van der Waals surface area contributed by atoms with Crippen LogP contribution in [0.3, 0.4) is 0 Å². The first-order chi connectivity index (χ1) is 15.0. The number of aromatic hydroxyl groups is 1. The smallest absolute Gasteiger partial charge is 0.290 e.